The highest BCUT2D eigenvalue weighted by Crippen LogP contribution is 2.25. The standard InChI is InChI=1S/C8H16ClN2/c1-4-5-10-6-7-11(3,9)8(10)2/h6-8H,4-5H2,1-3H3/q+1. The molecule has 1 aliphatic rings. The highest BCUT2D eigenvalue weighted by molar-refractivity contribution is 6.07. The summed E-state index contributed by atoms with van der Waals surface area (Å²) in [5.41, 5.74) is 0. The maximum absolute atomic E-state index is 6.16. The fourth-order valence-electron chi connectivity index (χ4n) is 1.27. The van der Waals surface area contributed by atoms with Gasteiger partial charge in [0, 0.05) is 13.5 Å². The van der Waals surface area contributed by atoms with Crippen LogP contribution in [0.4, 0.5) is 0 Å². The maximum atomic E-state index is 6.16. The van der Waals surface area contributed by atoms with Crippen LogP contribution in [0.5, 0.6) is 0 Å². The zero-order chi connectivity index (χ0) is 8.48. The molecule has 1 aliphatic heterocycles. The van der Waals surface area contributed by atoms with Gasteiger partial charge in [-0.05, 0) is 6.42 Å². The summed E-state index contributed by atoms with van der Waals surface area (Å²) in [6.07, 6.45) is 5.64. The molecule has 2 unspecified atom stereocenters. The van der Waals surface area contributed by atoms with Gasteiger partial charge in [0.05, 0.1) is 13.2 Å². The molecule has 3 heteroatoms. The molecular formula is C8H16ClN2+. The summed E-state index contributed by atoms with van der Waals surface area (Å²) in [6.45, 7) is 5.42. The first-order valence-corrected chi connectivity index (χ1v) is 4.42. The van der Waals surface area contributed by atoms with Crippen LogP contribution < -0.4 is 0 Å². The molecule has 0 saturated heterocycles. The number of halogens is 1. The molecule has 0 aliphatic carbocycles. The van der Waals surface area contributed by atoms with Crippen LogP contribution in [0.15, 0.2) is 12.4 Å². The van der Waals surface area contributed by atoms with Gasteiger partial charge in [-0.1, -0.05) is 6.92 Å². The van der Waals surface area contributed by atoms with Crippen molar-refractivity contribution in [2.24, 2.45) is 0 Å². The van der Waals surface area contributed by atoms with E-state index in [1.165, 1.54) is 6.42 Å². The largest absolute Gasteiger partial charge is 0.323 e. The van der Waals surface area contributed by atoms with Crippen LogP contribution in [-0.4, -0.2) is 28.7 Å². The Kier molecular flexibility index (Phi) is 2.45. The number of quaternary nitrogens is 1. The molecule has 0 N–H and O–H groups in total. The van der Waals surface area contributed by atoms with E-state index in [1.807, 2.05) is 13.2 Å². The van der Waals surface area contributed by atoms with E-state index in [1.54, 1.807) is 0 Å². The van der Waals surface area contributed by atoms with Crippen LogP contribution in [0, 0.1) is 0 Å². The zero-order valence-corrected chi connectivity index (χ0v) is 8.17. The zero-order valence-electron chi connectivity index (χ0n) is 7.42. The normalized spacial score (nSPS) is 36.7. The van der Waals surface area contributed by atoms with E-state index in [0.717, 1.165) is 6.54 Å². The Morgan fingerprint density at radius 3 is 2.64 bits per heavy atom. The molecule has 11 heavy (non-hydrogen) atoms. The van der Waals surface area contributed by atoms with Crippen molar-refractivity contribution in [3.8, 4) is 0 Å². The van der Waals surface area contributed by atoms with Crippen LogP contribution >= 0.6 is 11.8 Å². The van der Waals surface area contributed by atoms with Crippen molar-refractivity contribution in [1.29, 1.82) is 0 Å². The summed E-state index contributed by atoms with van der Waals surface area (Å²) in [4.78, 5) is 2.27. The topological polar surface area (TPSA) is 3.24 Å². The van der Waals surface area contributed by atoms with E-state index in [4.69, 9.17) is 11.8 Å². The lowest BCUT2D eigenvalue weighted by atomic mass is 10.4. The van der Waals surface area contributed by atoms with Gasteiger partial charge in [-0.3, -0.25) is 0 Å². The molecular weight excluding hydrogens is 160 g/mol. The van der Waals surface area contributed by atoms with Gasteiger partial charge in [-0.2, -0.15) is 4.00 Å². The Balaban J connectivity index is 2.57. The van der Waals surface area contributed by atoms with Crippen molar-refractivity contribution in [1.82, 2.24) is 4.90 Å². The van der Waals surface area contributed by atoms with E-state index >= 15 is 0 Å². The van der Waals surface area contributed by atoms with Crippen molar-refractivity contribution >= 4 is 11.8 Å². The third-order valence-electron chi connectivity index (χ3n) is 2.24. The first-order chi connectivity index (χ1) is 5.08. The highest BCUT2D eigenvalue weighted by Gasteiger charge is 2.34. The summed E-state index contributed by atoms with van der Waals surface area (Å²) in [6, 6.07) is 0. The van der Waals surface area contributed by atoms with Gasteiger partial charge < -0.3 is 4.90 Å². The fourth-order valence-corrected chi connectivity index (χ4v) is 1.44. The lowest BCUT2D eigenvalue weighted by Gasteiger charge is -2.27. The Bertz CT molecular complexity index is 165. The quantitative estimate of drug-likeness (QED) is 0.582. The Hall–Kier alpha value is -0.210. The first kappa shape index (κ1) is 8.88. The summed E-state index contributed by atoms with van der Waals surface area (Å²) in [7, 11) is 2.00. The average molecular weight is 176 g/mol. The van der Waals surface area contributed by atoms with E-state index in [9.17, 15) is 0 Å². The molecule has 1 rings (SSSR count). The summed E-state index contributed by atoms with van der Waals surface area (Å²) < 4.78 is 0.458. The van der Waals surface area contributed by atoms with Crippen LogP contribution in [0.3, 0.4) is 0 Å². The van der Waals surface area contributed by atoms with Gasteiger partial charge in [-0.25, -0.2) is 0 Å². The van der Waals surface area contributed by atoms with Crippen LogP contribution in [-0.2, 0) is 0 Å². The molecule has 0 spiro atoms. The van der Waals surface area contributed by atoms with E-state index in [0.29, 0.717) is 10.2 Å². The Morgan fingerprint density at radius 2 is 2.27 bits per heavy atom. The number of rotatable bonds is 2. The van der Waals surface area contributed by atoms with Crippen molar-refractivity contribution in [3.63, 3.8) is 0 Å². The molecule has 2 atom stereocenters. The van der Waals surface area contributed by atoms with Gasteiger partial charge in [0.25, 0.3) is 0 Å². The first-order valence-electron chi connectivity index (χ1n) is 4.08. The molecule has 0 aromatic rings. The van der Waals surface area contributed by atoms with Gasteiger partial charge in [0.2, 0.25) is 0 Å². The van der Waals surface area contributed by atoms with E-state index in [-0.39, 0.29) is 0 Å². The second-order valence-electron chi connectivity index (χ2n) is 3.20. The van der Waals surface area contributed by atoms with Crippen molar-refractivity contribution in [2.45, 2.75) is 26.4 Å². The second kappa shape index (κ2) is 3.03. The Labute approximate surface area is 73.7 Å². The van der Waals surface area contributed by atoms with Crippen LogP contribution in [0.2, 0.25) is 0 Å². The number of nitrogens with zero attached hydrogens (tertiary/aromatic N) is 2. The number of hydrogen-bond donors (Lipinski definition) is 0. The van der Waals surface area contributed by atoms with Gasteiger partial charge >= 0.3 is 0 Å². The predicted octanol–water partition coefficient (Wildman–Crippen LogP) is 2.13. The van der Waals surface area contributed by atoms with Gasteiger partial charge in [0.1, 0.15) is 6.20 Å². The minimum atomic E-state index is 0.372. The smallest absolute Gasteiger partial charge is 0.182 e. The van der Waals surface area contributed by atoms with Crippen LogP contribution in [0.25, 0.3) is 0 Å². The third kappa shape index (κ3) is 1.68. The molecule has 0 fully saturated rings. The third-order valence-corrected chi connectivity index (χ3v) is 2.64. The Morgan fingerprint density at radius 1 is 1.64 bits per heavy atom. The van der Waals surface area contributed by atoms with E-state index < -0.39 is 0 Å². The minimum Gasteiger partial charge on any atom is -0.323 e. The molecule has 0 aromatic carbocycles. The molecule has 0 amide bonds. The molecule has 0 aromatic heterocycles. The van der Waals surface area contributed by atoms with Crippen molar-refractivity contribution in [2.75, 3.05) is 13.6 Å². The highest BCUT2D eigenvalue weighted by atomic mass is 35.5. The maximum Gasteiger partial charge on any atom is 0.182 e. The van der Waals surface area contributed by atoms with Gasteiger partial charge in [-0.15, -0.1) is 0 Å². The molecule has 0 bridgehead atoms. The van der Waals surface area contributed by atoms with Gasteiger partial charge in [0.15, 0.2) is 17.9 Å². The monoisotopic (exact) mass is 175 g/mol. The molecule has 2 nitrogen and oxygen atoms in total. The van der Waals surface area contributed by atoms with Crippen LogP contribution in [0.1, 0.15) is 20.3 Å². The summed E-state index contributed by atoms with van der Waals surface area (Å²) in [5.74, 6) is 0. The fraction of sp³-hybridized carbons (Fsp3) is 0.750. The average Bonchev–Trinajstić information content (AvgIpc) is 2.17. The lowest BCUT2D eigenvalue weighted by molar-refractivity contribution is -0.769. The second-order valence-corrected chi connectivity index (χ2v) is 3.93. The van der Waals surface area contributed by atoms with E-state index in [2.05, 4.69) is 24.9 Å². The molecule has 64 valence electrons. The predicted molar refractivity (Wildman–Crippen MR) is 47.6 cm³/mol. The van der Waals surface area contributed by atoms with Crippen molar-refractivity contribution in [3.05, 3.63) is 12.4 Å². The molecule has 0 radical (unpaired) electrons. The lowest BCUT2D eigenvalue weighted by Crippen LogP contribution is -2.42. The number of hydrogen-bond acceptors (Lipinski definition) is 1. The van der Waals surface area contributed by atoms with Crippen molar-refractivity contribution < 1.29 is 4.00 Å². The minimum absolute atomic E-state index is 0.372. The SMILES string of the molecule is CCCN1C=C[N+](C)(Cl)C1C. The molecule has 0 saturated carbocycles. The molecule has 1 heterocycles. The summed E-state index contributed by atoms with van der Waals surface area (Å²) in [5, 5.41) is 0. The summed E-state index contributed by atoms with van der Waals surface area (Å²) >= 11 is 6.16.